The van der Waals surface area contributed by atoms with Crippen LogP contribution in [-0.4, -0.2) is 14.9 Å². The van der Waals surface area contributed by atoms with Crippen molar-refractivity contribution in [3.63, 3.8) is 0 Å². The fourth-order valence-electron chi connectivity index (χ4n) is 1.46. The van der Waals surface area contributed by atoms with Gasteiger partial charge in [0.2, 0.25) is 0 Å². The fourth-order valence-corrected chi connectivity index (χ4v) is 1.46. The molecule has 0 aliphatic rings. The maximum atomic E-state index is 9.81. The molecule has 1 rings (SSSR count). The van der Waals surface area contributed by atoms with E-state index in [4.69, 9.17) is 5.73 Å². The van der Waals surface area contributed by atoms with E-state index in [0.29, 0.717) is 5.82 Å². The summed E-state index contributed by atoms with van der Waals surface area (Å²) in [5.41, 5.74) is 6.50. The summed E-state index contributed by atoms with van der Waals surface area (Å²) >= 11 is 0. The third-order valence-electron chi connectivity index (χ3n) is 2.45. The summed E-state index contributed by atoms with van der Waals surface area (Å²) in [6.45, 7) is 2.14. The van der Waals surface area contributed by atoms with Crippen LogP contribution in [0.5, 0.6) is 0 Å². The summed E-state index contributed by atoms with van der Waals surface area (Å²) in [5, 5.41) is 13.8. The highest BCUT2D eigenvalue weighted by molar-refractivity contribution is 5.39. The molecule has 0 saturated carbocycles. The quantitative estimate of drug-likeness (QED) is 0.705. The zero-order valence-electron chi connectivity index (χ0n) is 8.90. The zero-order chi connectivity index (χ0) is 10.6. The van der Waals surface area contributed by atoms with Gasteiger partial charge < -0.3 is 10.8 Å². The van der Waals surface area contributed by atoms with Gasteiger partial charge in [-0.15, -0.1) is 0 Å². The van der Waals surface area contributed by atoms with E-state index in [2.05, 4.69) is 12.0 Å². The van der Waals surface area contributed by atoms with Crippen molar-refractivity contribution >= 4 is 5.82 Å². The van der Waals surface area contributed by atoms with Crippen LogP contribution in [0.3, 0.4) is 0 Å². The number of nitrogen functional groups attached to an aromatic ring is 1. The first kappa shape index (κ1) is 11.0. The smallest absolute Gasteiger partial charge is 0.127 e. The standard InChI is InChI=1S/C10H19N3O/c1-3-4-5-6-9(14)8-7-12-13(2)10(8)11/h7,9,14H,3-6,11H2,1-2H3. The summed E-state index contributed by atoms with van der Waals surface area (Å²) in [7, 11) is 1.78. The molecule has 1 heterocycles. The number of nitrogens with zero attached hydrogens (tertiary/aromatic N) is 2. The van der Waals surface area contributed by atoms with Gasteiger partial charge in [-0.2, -0.15) is 5.10 Å². The lowest BCUT2D eigenvalue weighted by atomic mass is 10.1. The van der Waals surface area contributed by atoms with Crippen molar-refractivity contribution in [2.45, 2.75) is 38.7 Å². The number of hydrogen-bond acceptors (Lipinski definition) is 3. The van der Waals surface area contributed by atoms with Crippen molar-refractivity contribution in [1.29, 1.82) is 0 Å². The van der Waals surface area contributed by atoms with Crippen LogP contribution in [0.15, 0.2) is 6.20 Å². The summed E-state index contributed by atoms with van der Waals surface area (Å²) in [6.07, 6.45) is 5.30. The first-order valence-electron chi connectivity index (χ1n) is 5.12. The minimum atomic E-state index is -0.463. The minimum Gasteiger partial charge on any atom is -0.388 e. The van der Waals surface area contributed by atoms with Crippen molar-refractivity contribution in [2.75, 3.05) is 5.73 Å². The lowest BCUT2D eigenvalue weighted by molar-refractivity contribution is 0.164. The summed E-state index contributed by atoms with van der Waals surface area (Å²) < 4.78 is 1.58. The molecule has 0 fully saturated rings. The van der Waals surface area contributed by atoms with Gasteiger partial charge in [-0.05, 0) is 6.42 Å². The van der Waals surface area contributed by atoms with Crippen molar-refractivity contribution in [1.82, 2.24) is 9.78 Å². The predicted molar refractivity (Wildman–Crippen MR) is 56.7 cm³/mol. The van der Waals surface area contributed by atoms with E-state index >= 15 is 0 Å². The molecule has 3 N–H and O–H groups in total. The Morgan fingerprint density at radius 2 is 2.29 bits per heavy atom. The van der Waals surface area contributed by atoms with Crippen LogP contribution >= 0.6 is 0 Å². The van der Waals surface area contributed by atoms with E-state index in [1.807, 2.05) is 0 Å². The molecule has 4 heteroatoms. The van der Waals surface area contributed by atoms with Crippen LogP contribution in [0.1, 0.15) is 44.3 Å². The molecule has 0 bridgehead atoms. The van der Waals surface area contributed by atoms with Gasteiger partial charge in [0, 0.05) is 12.6 Å². The van der Waals surface area contributed by atoms with Crippen LogP contribution in [0.4, 0.5) is 5.82 Å². The lowest BCUT2D eigenvalue weighted by Crippen LogP contribution is -2.03. The molecule has 1 unspecified atom stereocenters. The number of nitrogens with two attached hydrogens (primary N) is 1. The minimum absolute atomic E-state index is 0.463. The van der Waals surface area contributed by atoms with Gasteiger partial charge in [0.25, 0.3) is 0 Å². The Hall–Kier alpha value is -1.03. The Balaban J connectivity index is 2.52. The van der Waals surface area contributed by atoms with Gasteiger partial charge in [0.1, 0.15) is 5.82 Å². The number of aliphatic hydroxyl groups is 1. The van der Waals surface area contributed by atoms with Crippen LogP contribution < -0.4 is 5.73 Å². The Bertz CT molecular complexity index is 283. The monoisotopic (exact) mass is 197 g/mol. The zero-order valence-corrected chi connectivity index (χ0v) is 8.90. The third-order valence-corrected chi connectivity index (χ3v) is 2.45. The molecule has 0 saturated heterocycles. The van der Waals surface area contributed by atoms with Crippen molar-refractivity contribution in [3.8, 4) is 0 Å². The Kier molecular flexibility index (Phi) is 3.95. The molecule has 0 aliphatic heterocycles. The van der Waals surface area contributed by atoms with Gasteiger partial charge in [-0.25, -0.2) is 0 Å². The molecule has 1 atom stereocenters. The average molecular weight is 197 g/mol. The van der Waals surface area contributed by atoms with E-state index in [0.717, 1.165) is 31.2 Å². The summed E-state index contributed by atoms with van der Waals surface area (Å²) in [4.78, 5) is 0. The highest BCUT2D eigenvalue weighted by Crippen LogP contribution is 2.23. The van der Waals surface area contributed by atoms with Crippen LogP contribution in [-0.2, 0) is 7.05 Å². The molecule has 0 aliphatic carbocycles. The van der Waals surface area contributed by atoms with Crippen molar-refractivity contribution in [3.05, 3.63) is 11.8 Å². The van der Waals surface area contributed by atoms with E-state index < -0.39 is 6.10 Å². The normalized spacial score (nSPS) is 13.1. The number of aliphatic hydroxyl groups excluding tert-OH is 1. The maximum Gasteiger partial charge on any atom is 0.127 e. The average Bonchev–Trinajstić information content (AvgIpc) is 2.48. The number of hydrogen-bond donors (Lipinski definition) is 2. The number of anilines is 1. The lowest BCUT2D eigenvalue weighted by Gasteiger charge is -2.09. The Morgan fingerprint density at radius 1 is 1.57 bits per heavy atom. The second-order valence-electron chi connectivity index (χ2n) is 3.62. The van der Waals surface area contributed by atoms with Crippen LogP contribution in [0, 0.1) is 0 Å². The molecular formula is C10H19N3O. The first-order valence-corrected chi connectivity index (χ1v) is 5.12. The van der Waals surface area contributed by atoms with Crippen molar-refractivity contribution in [2.24, 2.45) is 7.05 Å². The number of unbranched alkanes of at least 4 members (excludes halogenated alkanes) is 2. The largest absolute Gasteiger partial charge is 0.388 e. The summed E-state index contributed by atoms with van der Waals surface area (Å²) in [6, 6.07) is 0. The summed E-state index contributed by atoms with van der Waals surface area (Å²) in [5.74, 6) is 0.564. The van der Waals surface area contributed by atoms with E-state index in [-0.39, 0.29) is 0 Å². The maximum absolute atomic E-state index is 9.81. The predicted octanol–water partition coefficient (Wildman–Crippen LogP) is 1.62. The van der Waals surface area contributed by atoms with Gasteiger partial charge >= 0.3 is 0 Å². The first-order chi connectivity index (χ1) is 6.66. The topological polar surface area (TPSA) is 64.1 Å². The van der Waals surface area contributed by atoms with Gasteiger partial charge in [0.05, 0.1) is 12.3 Å². The Labute approximate surface area is 84.7 Å². The van der Waals surface area contributed by atoms with E-state index in [9.17, 15) is 5.11 Å². The molecule has 80 valence electrons. The number of aromatic nitrogens is 2. The molecule has 0 aromatic carbocycles. The molecule has 4 nitrogen and oxygen atoms in total. The van der Waals surface area contributed by atoms with E-state index in [1.165, 1.54) is 0 Å². The molecule has 0 amide bonds. The van der Waals surface area contributed by atoms with Crippen molar-refractivity contribution < 1.29 is 5.11 Å². The third kappa shape index (κ3) is 2.48. The van der Waals surface area contributed by atoms with Crippen LogP contribution in [0.25, 0.3) is 0 Å². The number of rotatable bonds is 5. The van der Waals surface area contributed by atoms with Crippen LogP contribution in [0.2, 0.25) is 0 Å². The second kappa shape index (κ2) is 5.00. The second-order valence-corrected chi connectivity index (χ2v) is 3.62. The number of aryl methyl sites for hydroxylation is 1. The molecule has 1 aromatic heterocycles. The highest BCUT2D eigenvalue weighted by Gasteiger charge is 2.13. The van der Waals surface area contributed by atoms with E-state index in [1.54, 1.807) is 17.9 Å². The molecule has 14 heavy (non-hydrogen) atoms. The molecule has 1 aromatic rings. The molecule has 0 radical (unpaired) electrons. The molecular weight excluding hydrogens is 178 g/mol. The molecule has 0 spiro atoms. The van der Waals surface area contributed by atoms with Gasteiger partial charge in [0.15, 0.2) is 0 Å². The highest BCUT2D eigenvalue weighted by atomic mass is 16.3. The van der Waals surface area contributed by atoms with Gasteiger partial charge in [-0.1, -0.05) is 26.2 Å². The fraction of sp³-hybridized carbons (Fsp3) is 0.700. The Morgan fingerprint density at radius 3 is 2.79 bits per heavy atom. The SMILES string of the molecule is CCCCCC(O)c1cnn(C)c1N. The van der Waals surface area contributed by atoms with Gasteiger partial charge in [-0.3, -0.25) is 4.68 Å².